The quantitative estimate of drug-likeness (QED) is 0.419. The minimum atomic E-state index is -0.509. The lowest BCUT2D eigenvalue weighted by molar-refractivity contribution is -0.157. The molecule has 0 spiro atoms. The summed E-state index contributed by atoms with van der Waals surface area (Å²) < 4.78 is 15.5. The molecule has 1 amide bonds. The Hall–Kier alpha value is -1.65. The van der Waals surface area contributed by atoms with Crippen LogP contribution in [0, 0.1) is 30.6 Å². The van der Waals surface area contributed by atoms with E-state index in [4.69, 9.17) is 14.0 Å². The van der Waals surface area contributed by atoms with E-state index in [1.54, 1.807) is 13.0 Å². The fourth-order valence-corrected chi connectivity index (χ4v) is 5.55. The van der Waals surface area contributed by atoms with Crippen molar-refractivity contribution in [2.75, 3.05) is 11.9 Å². The second-order valence-corrected chi connectivity index (χ2v) is 7.88. The first-order chi connectivity index (χ1) is 11.5. The predicted molar refractivity (Wildman–Crippen MR) is 87.1 cm³/mol. The molecule has 9 heteroatoms. The van der Waals surface area contributed by atoms with Crippen molar-refractivity contribution in [3.05, 3.63) is 11.8 Å². The van der Waals surface area contributed by atoms with Crippen LogP contribution in [0.1, 0.15) is 12.2 Å². The van der Waals surface area contributed by atoms with Crippen LogP contribution in [0.25, 0.3) is 0 Å². The van der Waals surface area contributed by atoms with Crippen LogP contribution >= 0.6 is 22.6 Å². The van der Waals surface area contributed by atoms with Gasteiger partial charge in [0.05, 0.1) is 15.8 Å². The number of anilines is 1. The maximum atomic E-state index is 12.4. The number of halogens is 1. The van der Waals surface area contributed by atoms with Crippen molar-refractivity contribution in [2.45, 2.75) is 23.4 Å². The SMILES string of the molecule is Cc1cc(NC(=O)COC(=O)[C@@H]2[C@H]3C[C@H]4[C@H](OC(=O)[C@H]42)[C@@H]3I)no1. The molecule has 4 rings (SSSR count). The maximum Gasteiger partial charge on any atom is 0.310 e. The molecule has 0 radical (unpaired) electrons. The van der Waals surface area contributed by atoms with Gasteiger partial charge < -0.3 is 19.3 Å². The number of ether oxygens (including phenoxy) is 2. The smallest absolute Gasteiger partial charge is 0.310 e. The largest absolute Gasteiger partial charge is 0.461 e. The normalized spacial score (nSPS) is 35.8. The highest BCUT2D eigenvalue weighted by Crippen LogP contribution is 2.60. The molecule has 2 saturated carbocycles. The highest BCUT2D eigenvalue weighted by molar-refractivity contribution is 14.1. The van der Waals surface area contributed by atoms with Gasteiger partial charge in [-0.15, -0.1) is 0 Å². The number of nitrogens with zero attached hydrogens (tertiary/aromatic N) is 1. The molecule has 1 aromatic heterocycles. The lowest BCUT2D eigenvalue weighted by atomic mass is 9.80. The summed E-state index contributed by atoms with van der Waals surface area (Å²) in [4.78, 5) is 36.3. The number of hydrogen-bond donors (Lipinski definition) is 1. The summed E-state index contributed by atoms with van der Waals surface area (Å²) in [5, 5.41) is 6.11. The maximum absolute atomic E-state index is 12.4. The molecule has 0 aromatic carbocycles. The van der Waals surface area contributed by atoms with E-state index in [9.17, 15) is 14.4 Å². The Morgan fingerprint density at radius 3 is 2.96 bits per heavy atom. The van der Waals surface area contributed by atoms with Gasteiger partial charge in [0.1, 0.15) is 11.9 Å². The fourth-order valence-electron chi connectivity index (χ4n) is 4.13. The molecule has 2 aliphatic carbocycles. The second-order valence-electron chi connectivity index (χ2n) is 6.44. The third kappa shape index (κ3) is 2.40. The average Bonchev–Trinajstić information content (AvgIpc) is 3.24. The molecule has 0 unspecified atom stereocenters. The van der Waals surface area contributed by atoms with Crippen LogP contribution in [0.4, 0.5) is 5.82 Å². The van der Waals surface area contributed by atoms with Gasteiger partial charge in [0, 0.05) is 12.0 Å². The Bertz CT molecular complexity index is 719. The van der Waals surface area contributed by atoms with Crippen LogP contribution in [-0.4, -0.2) is 39.6 Å². The van der Waals surface area contributed by atoms with Gasteiger partial charge in [0.2, 0.25) is 0 Å². The van der Waals surface area contributed by atoms with Gasteiger partial charge >= 0.3 is 11.9 Å². The van der Waals surface area contributed by atoms with Crippen LogP contribution in [0.15, 0.2) is 10.6 Å². The molecule has 2 bridgehead atoms. The number of nitrogens with one attached hydrogen (secondary N) is 1. The number of carbonyl (C=O) groups excluding carboxylic acids is 3. The summed E-state index contributed by atoms with van der Waals surface area (Å²) in [6.07, 6.45) is 0.731. The molecule has 3 aliphatic rings. The highest BCUT2D eigenvalue weighted by atomic mass is 127. The lowest BCUT2D eigenvalue weighted by Gasteiger charge is -2.26. The minimum absolute atomic E-state index is 0.0733. The molecule has 24 heavy (non-hydrogen) atoms. The van der Waals surface area contributed by atoms with E-state index in [1.807, 2.05) is 0 Å². The number of esters is 2. The first-order valence-corrected chi connectivity index (χ1v) is 8.94. The summed E-state index contributed by atoms with van der Waals surface area (Å²) in [5.74, 6) is -1.23. The predicted octanol–water partition coefficient (Wildman–Crippen LogP) is 1.08. The van der Waals surface area contributed by atoms with E-state index in [0.717, 1.165) is 6.42 Å². The van der Waals surface area contributed by atoms with Crippen molar-refractivity contribution >= 4 is 46.3 Å². The molecular formula is C15H15IN2O6. The molecule has 1 aliphatic heterocycles. The number of aromatic nitrogens is 1. The van der Waals surface area contributed by atoms with Gasteiger partial charge in [-0.3, -0.25) is 14.4 Å². The Morgan fingerprint density at radius 2 is 2.25 bits per heavy atom. The van der Waals surface area contributed by atoms with Gasteiger partial charge in [-0.2, -0.15) is 0 Å². The molecule has 1 aromatic rings. The van der Waals surface area contributed by atoms with E-state index in [2.05, 4.69) is 33.1 Å². The summed E-state index contributed by atoms with van der Waals surface area (Å²) >= 11 is 2.25. The van der Waals surface area contributed by atoms with Crippen molar-refractivity contribution in [3.63, 3.8) is 0 Å². The van der Waals surface area contributed by atoms with Crippen LogP contribution < -0.4 is 5.32 Å². The molecule has 128 valence electrons. The third-order valence-electron chi connectivity index (χ3n) is 5.04. The molecular weight excluding hydrogens is 431 g/mol. The number of aryl methyl sites for hydroxylation is 1. The number of alkyl halides is 1. The van der Waals surface area contributed by atoms with Crippen molar-refractivity contribution in [3.8, 4) is 0 Å². The van der Waals surface area contributed by atoms with Crippen molar-refractivity contribution < 1.29 is 28.4 Å². The molecule has 2 heterocycles. The summed E-state index contributed by atoms with van der Waals surface area (Å²) in [6.45, 7) is 1.28. The molecule has 3 fully saturated rings. The number of amides is 1. The van der Waals surface area contributed by atoms with Gasteiger partial charge in [0.25, 0.3) is 5.91 Å². The van der Waals surface area contributed by atoms with Gasteiger partial charge in [0.15, 0.2) is 12.4 Å². The standard InChI is InChI=1S/C15H15IN2O6/c1-5-2-8(18-24-5)17-9(19)4-22-14(20)10-6-3-7-11(10)15(21)23-13(7)12(6)16/h2,6-7,10-13H,3-4H2,1H3,(H,17,18,19)/t6-,7-,10-,11-,12-,13+/m1/s1. The van der Waals surface area contributed by atoms with Crippen molar-refractivity contribution in [2.24, 2.45) is 23.7 Å². The van der Waals surface area contributed by atoms with Crippen molar-refractivity contribution in [1.82, 2.24) is 5.16 Å². The monoisotopic (exact) mass is 446 g/mol. The van der Waals surface area contributed by atoms with Gasteiger partial charge in [-0.05, 0) is 19.3 Å². The lowest BCUT2D eigenvalue weighted by Crippen LogP contribution is -2.39. The van der Waals surface area contributed by atoms with Gasteiger partial charge in [-0.1, -0.05) is 27.7 Å². The van der Waals surface area contributed by atoms with Gasteiger partial charge in [-0.25, -0.2) is 0 Å². The zero-order valence-corrected chi connectivity index (χ0v) is 14.9. The Balaban J connectivity index is 1.37. The highest BCUT2D eigenvalue weighted by Gasteiger charge is 2.68. The van der Waals surface area contributed by atoms with Crippen LogP contribution in [0.2, 0.25) is 0 Å². The van der Waals surface area contributed by atoms with E-state index in [-0.39, 0.29) is 33.7 Å². The van der Waals surface area contributed by atoms with E-state index in [1.165, 1.54) is 0 Å². The first kappa shape index (κ1) is 15.9. The zero-order valence-electron chi connectivity index (χ0n) is 12.7. The second kappa shape index (κ2) is 5.71. The molecule has 1 N–H and O–H groups in total. The molecule has 8 nitrogen and oxygen atoms in total. The van der Waals surface area contributed by atoms with E-state index >= 15 is 0 Å². The Labute approximate surface area is 150 Å². The average molecular weight is 446 g/mol. The van der Waals surface area contributed by atoms with E-state index in [0.29, 0.717) is 5.76 Å². The zero-order chi connectivity index (χ0) is 17.0. The number of fused-ring (bicyclic) bond motifs is 1. The summed E-state index contributed by atoms with van der Waals surface area (Å²) in [7, 11) is 0. The number of rotatable bonds is 4. The summed E-state index contributed by atoms with van der Waals surface area (Å²) in [6, 6.07) is 1.56. The fraction of sp³-hybridized carbons (Fsp3) is 0.600. The molecule has 1 saturated heterocycles. The van der Waals surface area contributed by atoms with Crippen molar-refractivity contribution in [1.29, 1.82) is 0 Å². The topological polar surface area (TPSA) is 108 Å². The number of hydrogen-bond acceptors (Lipinski definition) is 7. The summed E-state index contributed by atoms with van der Waals surface area (Å²) in [5.41, 5.74) is 0. The van der Waals surface area contributed by atoms with Crippen LogP contribution in [-0.2, 0) is 23.9 Å². The first-order valence-electron chi connectivity index (χ1n) is 7.70. The minimum Gasteiger partial charge on any atom is -0.461 e. The van der Waals surface area contributed by atoms with Crippen LogP contribution in [0.5, 0.6) is 0 Å². The van der Waals surface area contributed by atoms with Crippen LogP contribution in [0.3, 0.4) is 0 Å². The Kier molecular flexibility index (Phi) is 3.77. The third-order valence-corrected chi connectivity index (χ3v) is 6.67. The number of carbonyl (C=O) groups is 3. The Morgan fingerprint density at radius 1 is 1.46 bits per heavy atom. The van der Waals surface area contributed by atoms with E-state index < -0.39 is 30.3 Å². The molecule has 6 atom stereocenters.